The fourth-order valence-electron chi connectivity index (χ4n) is 2.99. The van der Waals surface area contributed by atoms with E-state index < -0.39 is 17.8 Å². The first-order chi connectivity index (χ1) is 16.4. The minimum absolute atomic E-state index is 0.00644. The van der Waals surface area contributed by atoms with Crippen molar-refractivity contribution in [1.82, 2.24) is 5.32 Å². The van der Waals surface area contributed by atoms with Crippen molar-refractivity contribution in [3.05, 3.63) is 89.6 Å². The molecule has 8 heteroatoms. The second-order valence-corrected chi connectivity index (χ2v) is 7.06. The maximum Gasteiger partial charge on any atom is 0.308 e. The lowest BCUT2D eigenvalue weighted by Gasteiger charge is -2.13. The van der Waals surface area contributed by atoms with Gasteiger partial charge in [-0.3, -0.25) is 14.4 Å². The van der Waals surface area contributed by atoms with Gasteiger partial charge in [-0.1, -0.05) is 24.3 Å². The van der Waals surface area contributed by atoms with Gasteiger partial charge in [-0.25, -0.2) is 0 Å². The molecule has 0 radical (unpaired) electrons. The molecule has 3 aromatic carbocycles. The van der Waals surface area contributed by atoms with E-state index in [0.29, 0.717) is 28.3 Å². The zero-order valence-corrected chi connectivity index (χ0v) is 19.0. The number of hydrogen-bond donors (Lipinski definition) is 2. The van der Waals surface area contributed by atoms with Crippen molar-refractivity contribution >= 4 is 29.5 Å². The third-order valence-corrected chi connectivity index (χ3v) is 4.63. The molecule has 0 heterocycles. The topological polar surface area (TPSA) is 103 Å². The van der Waals surface area contributed by atoms with Gasteiger partial charge in [0.15, 0.2) is 11.5 Å². The molecule has 0 spiro atoms. The molecule has 0 saturated heterocycles. The van der Waals surface area contributed by atoms with Gasteiger partial charge in [0.2, 0.25) is 0 Å². The van der Waals surface area contributed by atoms with Gasteiger partial charge in [0.05, 0.1) is 14.2 Å². The fourth-order valence-corrected chi connectivity index (χ4v) is 2.99. The molecule has 0 aliphatic carbocycles. The smallest absolute Gasteiger partial charge is 0.308 e. The first-order valence-corrected chi connectivity index (χ1v) is 10.3. The predicted molar refractivity (Wildman–Crippen MR) is 128 cm³/mol. The highest BCUT2D eigenvalue weighted by atomic mass is 16.6. The van der Waals surface area contributed by atoms with Gasteiger partial charge >= 0.3 is 5.97 Å². The number of methoxy groups -OCH3 is 2. The van der Waals surface area contributed by atoms with E-state index in [4.69, 9.17) is 14.2 Å². The van der Waals surface area contributed by atoms with E-state index in [0.717, 1.165) is 0 Å². The molecule has 0 fully saturated rings. The SMILES string of the molecule is COc1ccc(NC(=O)/C(=C/c2ccc(OC(C)=O)c(OC)c2)NC(=O)c2ccccc2)cc1. The summed E-state index contributed by atoms with van der Waals surface area (Å²) < 4.78 is 15.5. The molecule has 0 aliphatic heterocycles. The monoisotopic (exact) mass is 460 g/mol. The van der Waals surface area contributed by atoms with Crippen LogP contribution in [0.5, 0.6) is 17.2 Å². The quantitative estimate of drug-likeness (QED) is 0.299. The highest BCUT2D eigenvalue weighted by Gasteiger charge is 2.16. The maximum absolute atomic E-state index is 13.1. The number of rotatable bonds is 8. The summed E-state index contributed by atoms with van der Waals surface area (Å²) in [7, 11) is 2.98. The Hall–Kier alpha value is -4.59. The molecule has 174 valence electrons. The van der Waals surface area contributed by atoms with Crippen LogP contribution >= 0.6 is 0 Å². The van der Waals surface area contributed by atoms with Crippen molar-refractivity contribution in [3.63, 3.8) is 0 Å². The van der Waals surface area contributed by atoms with Crippen LogP contribution in [0.25, 0.3) is 6.08 Å². The lowest BCUT2D eigenvalue weighted by molar-refractivity contribution is -0.132. The Bertz CT molecular complexity index is 1200. The van der Waals surface area contributed by atoms with E-state index in [1.54, 1.807) is 79.9 Å². The van der Waals surface area contributed by atoms with Gasteiger partial charge < -0.3 is 24.8 Å². The summed E-state index contributed by atoms with van der Waals surface area (Å²) in [6.07, 6.45) is 1.50. The van der Waals surface area contributed by atoms with Crippen LogP contribution in [0.15, 0.2) is 78.5 Å². The zero-order chi connectivity index (χ0) is 24.5. The third kappa shape index (κ3) is 6.46. The summed E-state index contributed by atoms with van der Waals surface area (Å²) in [4.78, 5) is 37.1. The molecule has 0 unspecified atom stereocenters. The molecule has 3 aromatic rings. The van der Waals surface area contributed by atoms with Crippen molar-refractivity contribution in [2.24, 2.45) is 0 Å². The van der Waals surface area contributed by atoms with E-state index in [1.165, 1.54) is 20.1 Å². The molecule has 3 rings (SSSR count). The van der Waals surface area contributed by atoms with Gasteiger partial charge in [0.1, 0.15) is 11.4 Å². The molecule has 0 saturated carbocycles. The summed E-state index contributed by atoms with van der Waals surface area (Å²) in [5, 5.41) is 5.43. The van der Waals surface area contributed by atoms with Crippen molar-refractivity contribution in [2.45, 2.75) is 6.92 Å². The number of carbonyl (C=O) groups excluding carboxylic acids is 3. The first kappa shape index (κ1) is 24.1. The predicted octanol–water partition coefficient (Wildman–Crippen LogP) is 4.04. The van der Waals surface area contributed by atoms with Crippen molar-refractivity contribution in [1.29, 1.82) is 0 Å². The van der Waals surface area contributed by atoms with Gasteiger partial charge in [-0.2, -0.15) is 0 Å². The summed E-state index contributed by atoms with van der Waals surface area (Å²) in [6, 6.07) is 20.1. The van der Waals surface area contributed by atoms with Gasteiger partial charge in [0.25, 0.3) is 11.8 Å². The molecule has 8 nitrogen and oxygen atoms in total. The zero-order valence-electron chi connectivity index (χ0n) is 19.0. The van der Waals surface area contributed by atoms with Crippen molar-refractivity contribution in [3.8, 4) is 17.2 Å². The molecule has 2 amide bonds. The molecule has 0 aromatic heterocycles. The Labute approximate surface area is 197 Å². The van der Waals surface area contributed by atoms with E-state index in [1.807, 2.05) is 0 Å². The average molecular weight is 460 g/mol. The summed E-state index contributed by atoms with van der Waals surface area (Å²) >= 11 is 0. The largest absolute Gasteiger partial charge is 0.497 e. The Morgan fingerprint density at radius 2 is 1.53 bits per heavy atom. The lowest BCUT2D eigenvalue weighted by Crippen LogP contribution is -2.30. The Morgan fingerprint density at radius 3 is 2.15 bits per heavy atom. The molecular weight excluding hydrogens is 436 g/mol. The van der Waals surface area contributed by atoms with Crippen molar-refractivity contribution in [2.75, 3.05) is 19.5 Å². The molecule has 0 atom stereocenters. The molecule has 34 heavy (non-hydrogen) atoms. The van der Waals surface area contributed by atoms with E-state index in [9.17, 15) is 14.4 Å². The summed E-state index contributed by atoms with van der Waals surface area (Å²) in [5.41, 5.74) is 1.47. The highest BCUT2D eigenvalue weighted by molar-refractivity contribution is 6.10. The molecule has 2 N–H and O–H groups in total. The molecule has 0 bridgehead atoms. The van der Waals surface area contributed by atoms with E-state index >= 15 is 0 Å². The number of carbonyl (C=O) groups is 3. The standard InChI is InChI=1S/C26H24N2O6/c1-17(29)34-23-14-9-18(16-24(23)33-3)15-22(28-25(30)19-7-5-4-6-8-19)26(31)27-20-10-12-21(32-2)13-11-20/h4-16H,1-3H3,(H,27,31)(H,28,30)/b22-15-. The van der Waals surface area contributed by atoms with Gasteiger partial charge in [0, 0.05) is 18.2 Å². The number of ether oxygens (including phenoxy) is 3. The fraction of sp³-hybridized carbons (Fsp3) is 0.115. The Balaban J connectivity index is 1.92. The minimum atomic E-state index is -0.530. The first-order valence-electron chi connectivity index (χ1n) is 10.3. The second kappa shape index (κ2) is 11.3. The number of benzene rings is 3. The van der Waals surface area contributed by atoms with Gasteiger partial charge in [-0.05, 0) is 60.2 Å². The summed E-state index contributed by atoms with van der Waals surface area (Å²) in [5.74, 6) is -0.280. The van der Waals surface area contributed by atoms with Crippen molar-refractivity contribution < 1.29 is 28.6 Å². The average Bonchev–Trinajstić information content (AvgIpc) is 2.85. The molecule has 0 aliphatic rings. The van der Waals surface area contributed by atoms with E-state index in [2.05, 4.69) is 10.6 Å². The normalized spacial score (nSPS) is 10.7. The Morgan fingerprint density at radius 1 is 0.824 bits per heavy atom. The van der Waals surface area contributed by atoms with Crippen LogP contribution in [0.1, 0.15) is 22.8 Å². The van der Waals surface area contributed by atoms with Gasteiger partial charge in [-0.15, -0.1) is 0 Å². The van der Waals surface area contributed by atoms with E-state index in [-0.39, 0.29) is 11.4 Å². The third-order valence-electron chi connectivity index (χ3n) is 4.63. The van der Waals surface area contributed by atoms with Crippen LogP contribution in [0, 0.1) is 0 Å². The van der Waals surface area contributed by atoms with Crippen LogP contribution in [-0.4, -0.2) is 32.0 Å². The number of nitrogens with one attached hydrogen (secondary N) is 2. The van der Waals surface area contributed by atoms with Crippen LogP contribution in [-0.2, 0) is 9.59 Å². The maximum atomic E-state index is 13.1. The number of anilines is 1. The lowest BCUT2D eigenvalue weighted by atomic mass is 10.1. The van der Waals surface area contributed by atoms with Crippen LogP contribution < -0.4 is 24.8 Å². The van der Waals surface area contributed by atoms with Crippen LogP contribution in [0.4, 0.5) is 5.69 Å². The van der Waals surface area contributed by atoms with Crippen LogP contribution in [0.2, 0.25) is 0 Å². The second-order valence-electron chi connectivity index (χ2n) is 7.06. The number of hydrogen-bond acceptors (Lipinski definition) is 6. The minimum Gasteiger partial charge on any atom is -0.497 e. The number of esters is 1. The highest BCUT2D eigenvalue weighted by Crippen LogP contribution is 2.29. The van der Waals surface area contributed by atoms with Crippen LogP contribution in [0.3, 0.4) is 0 Å². The Kier molecular flexibility index (Phi) is 8.02. The molecular formula is C26H24N2O6. The summed E-state index contributed by atoms with van der Waals surface area (Å²) in [6.45, 7) is 1.29. The number of amides is 2.